The highest BCUT2D eigenvalue weighted by molar-refractivity contribution is 5.35. The zero-order valence-electron chi connectivity index (χ0n) is 8.43. The second kappa shape index (κ2) is 2.94. The second-order valence-corrected chi connectivity index (χ2v) is 3.59. The van der Waals surface area contributed by atoms with E-state index in [2.05, 4.69) is 10.2 Å². The second-order valence-electron chi connectivity index (χ2n) is 3.59. The lowest BCUT2D eigenvalue weighted by Crippen LogP contribution is -2.20. The van der Waals surface area contributed by atoms with Crippen molar-refractivity contribution in [3.8, 4) is 0 Å². The van der Waals surface area contributed by atoms with Crippen LogP contribution in [-0.2, 0) is 7.05 Å². The molecule has 5 heteroatoms. The Morgan fingerprint density at radius 2 is 2.00 bits per heavy atom. The van der Waals surface area contributed by atoms with E-state index in [0.29, 0.717) is 11.6 Å². The fourth-order valence-electron chi connectivity index (χ4n) is 1.29. The zero-order chi connectivity index (χ0) is 10.3. The van der Waals surface area contributed by atoms with Gasteiger partial charge in [0.1, 0.15) is 0 Å². The fourth-order valence-corrected chi connectivity index (χ4v) is 1.29. The van der Waals surface area contributed by atoms with E-state index in [1.54, 1.807) is 7.05 Å². The van der Waals surface area contributed by atoms with Crippen molar-refractivity contribution in [2.24, 2.45) is 7.05 Å². The van der Waals surface area contributed by atoms with Crippen LogP contribution >= 0.6 is 0 Å². The summed E-state index contributed by atoms with van der Waals surface area (Å²) in [5.74, 6) is 0.312. The van der Waals surface area contributed by atoms with Crippen LogP contribution in [0, 0.1) is 0 Å². The maximum absolute atomic E-state index is 11.5. The van der Waals surface area contributed by atoms with Gasteiger partial charge >= 0.3 is 5.69 Å². The molecule has 2 aromatic rings. The van der Waals surface area contributed by atoms with Gasteiger partial charge in [-0.25, -0.2) is 9.48 Å². The van der Waals surface area contributed by atoms with Crippen molar-refractivity contribution in [2.75, 3.05) is 0 Å². The average molecular weight is 192 g/mol. The molecule has 0 spiro atoms. The van der Waals surface area contributed by atoms with E-state index in [1.165, 1.54) is 9.20 Å². The molecule has 0 saturated carbocycles. The molecule has 0 aromatic carbocycles. The first-order valence-electron chi connectivity index (χ1n) is 4.52. The van der Waals surface area contributed by atoms with Crippen molar-refractivity contribution in [1.82, 2.24) is 19.4 Å². The molecule has 0 atom stereocenters. The Bertz CT molecular complexity index is 523. The SMILES string of the molecule is CC(C)c1ccc2nn(C)c(=O)n2n1. The molecule has 2 heterocycles. The smallest absolute Gasteiger partial charge is 0.244 e. The number of hydrogen-bond donors (Lipinski definition) is 0. The summed E-state index contributed by atoms with van der Waals surface area (Å²) < 4.78 is 2.61. The van der Waals surface area contributed by atoms with Crippen LogP contribution < -0.4 is 5.69 Å². The fraction of sp³-hybridized carbons (Fsp3) is 0.444. The monoisotopic (exact) mass is 192 g/mol. The third kappa shape index (κ3) is 1.21. The minimum atomic E-state index is -0.206. The summed E-state index contributed by atoms with van der Waals surface area (Å²) in [4.78, 5) is 11.5. The Morgan fingerprint density at radius 1 is 1.29 bits per heavy atom. The maximum atomic E-state index is 11.5. The van der Waals surface area contributed by atoms with E-state index >= 15 is 0 Å². The Morgan fingerprint density at radius 3 is 2.64 bits per heavy atom. The normalized spacial score (nSPS) is 11.4. The Labute approximate surface area is 81.0 Å². The van der Waals surface area contributed by atoms with E-state index in [1.807, 2.05) is 26.0 Å². The topological polar surface area (TPSA) is 52.2 Å². The highest BCUT2D eigenvalue weighted by atomic mass is 16.2. The largest absolute Gasteiger partial charge is 0.366 e. The van der Waals surface area contributed by atoms with Crippen LogP contribution in [0.1, 0.15) is 25.5 Å². The highest BCUT2D eigenvalue weighted by Crippen LogP contribution is 2.09. The van der Waals surface area contributed by atoms with Crippen LogP contribution in [0.25, 0.3) is 5.65 Å². The number of rotatable bonds is 1. The van der Waals surface area contributed by atoms with Crippen molar-refractivity contribution in [3.05, 3.63) is 28.3 Å². The number of nitrogens with zero attached hydrogens (tertiary/aromatic N) is 4. The average Bonchev–Trinajstić information content (AvgIpc) is 2.43. The predicted molar refractivity (Wildman–Crippen MR) is 52.3 cm³/mol. The first kappa shape index (κ1) is 8.93. The van der Waals surface area contributed by atoms with Gasteiger partial charge in [0.05, 0.1) is 5.69 Å². The highest BCUT2D eigenvalue weighted by Gasteiger charge is 2.07. The van der Waals surface area contributed by atoms with Gasteiger partial charge in [0.15, 0.2) is 5.65 Å². The van der Waals surface area contributed by atoms with Crippen LogP contribution in [0.15, 0.2) is 16.9 Å². The molecule has 0 bridgehead atoms. The molecular weight excluding hydrogens is 180 g/mol. The van der Waals surface area contributed by atoms with Gasteiger partial charge in [-0.2, -0.15) is 9.61 Å². The summed E-state index contributed by atoms with van der Waals surface area (Å²) in [6.45, 7) is 4.07. The predicted octanol–water partition coefficient (Wildman–Crippen LogP) is 0.551. The summed E-state index contributed by atoms with van der Waals surface area (Å²) >= 11 is 0. The van der Waals surface area contributed by atoms with Crippen molar-refractivity contribution >= 4 is 5.65 Å². The van der Waals surface area contributed by atoms with Crippen molar-refractivity contribution < 1.29 is 0 Å². The van der Waals surface area contributed by atoms with Crippen molar-refractivity contribution in [1.29, 1.82) is 0 Å². The molecule has 0 fully saturated rings. The van der Waals surface area contributed by atoms with Gasteiger partial charge in [-0.05, 0) is 18.1 Å². The first-order valence-corrected chi connectivity index (χ1v) is 4.52. The van der Waals surface area contributed by atoms with E-state index in [0.717, 1.165) is 5.69 Å². The summed E-state index contributed by atoms with van der Waals surface area (Å²) in [5.41, 5.74) is 1.28. The molecule has 0 aliphatic carbocycles. The molecule has 0 amide bonds. The molecule has 5 nitrogen and oxygen atoms in total. The lowest BCUT2D eigenvalue weighted by molar-refractivity contribution is 0.700. The van der Waals surface area contributed by atoms with Gasteiger partial charge in [-0.3, -0.25) is 0 Å². The number of aryl methyl sites for hydroxylation is 1. The van der Waals surface area contributed by atoms with Gasteiger partial charge in [-0.15, -0.1) is 5.10 Å². The zero-order valence-corrected chi connectivity index (χ0v) is 8.43. The van der Waals surface area contributed by atoms with Crippen LogP contribution in [0.2, 0.25) is 0 Å². The number of aromatic nitrogens is 4. The third-order valence-electron chi connectivity index (χ3n) is 2.14. The molecule has 2 rings (SSSR count). The van der Waals surface area contributed by atoms with Gasteiger partial charge in [0.2, 0.25) is 0 Å². The van der Waals surface area contributed by atoms with E-state index in [9.17, 15) is 4.79 Å². The van der Waals surface area contributed by atoms with Gasteiger partial charge in [-0.1, -0.05) is 13.8 Å². The molecule has 0 N–H and O–H groups in total. The molecule has 0 radical (unpaired) electrons. The molecule has 0 unspecified atom stereocenters. The quantitative estimate of drug-likeness (QED) is 0.663. The maximum Gasteiger partial charge on any atom is 0.366 e. The van der Waals surface area contributed by atoms with Crippen molar-refractivity contribution in [2.45, 2.75) is 19.8 Å². The lowest BCUT2D eigenvalue weighted by atomic mass is 10.1. The standard InChI is InChI=1S/C9H12N4O/c1-6(2)7-4-5-8-11-12(3)9(14)13(8)10-7/h4-6H,1-3H3. The third-order valence-corrected chi connectivity index (χ3v) is 2.14. The minimum Gasteiger partial charge on any atom is -0.244 e. The van der Waals surface area contributed by atoms with Crippen LogP contribution in [0.4, 0.5) is 0 Å². The minimum absolute atomic E-state index is 0.206. The Kier molecular flexibility index (Phi) is 1.87. The van der Waals surface area contributed by atoms with Crippen LogP contribution in [-0.4, -0.2) is 19.4 Å². The summed E-state index contributed by atoms with van der Waals surface area (Å²) in [6, 6.07) is 3.70. The van der Waals surface area contributed by atoms with Gasteiger partial charge in [0.25, 0.3) is 0 Å². The Balaban J connectivity index is 2.76. The lowest BCUT2D eigenvalue weighted by Gasteiger charge is -2.02. The van der Waals surface area contributed by atoms with Crippen molar-refractivity contribution in [3.63, 3.8) is 0 Å². The molecule has 0 aliphatic rings. The van der Waals surface area contributed by atoms with E-state index in [-0.39, 0.29) is 5.69 Å². The number of fused-ring (bicyclic) bond motifs is 1. The molecule has 0 aliphatic heterocycles. The van der Waals surface area contributed by atoms with E-state index < -0.39 is 0 Å². The summed E-state index contributed by atoms with van der Waals surface area (Å²) in [6.07, 6.45) is 0. The first-order chi connectivity index (χ1) is 6.59. The van der Waals surface area contributed by atoms with Crippen LogP contribution in [0.5, 0.6) is 0 Å². The molecule has 0 saturated heterocycles. The van der Waals surface area contributed by atoms with E-state index in [4.69, 9.17) is 0 Å². The molecular formula is C9H12N4O. The summed E-state index contributed by atoms with van der Waals surface area (Å²) in [7, 11) is 1.62. The number of hydrogen-bond acceptors (Lipinski definition) is 3. The van der Waals surface area contributed by atoms with Gasteiger partial charge < -0.3 is 0 Å². The van der Waals surface area contributed by atoms with Gasteiger partial charge in [0, 0.05) is 7.05 Å². The molecule has 14 heavy (non-hydrogen) atoms. The summed E-state index contributed by atoms with van der Waals surface area (Å²) in [5, 5.41) is 8.23. The molecule has 74 valence electrons. The van der Waals surface area contributed by atoms with Crippen LogP contribution in [0.3, 0.4) is 0 Å². The molecule has 2 aromatic heterocycles. The Hall–Kier alpha value is -1.65.